The van der Waals surface area contributed by atoms with Gasteiger partial charge in [-0.05, 0) is 57.0 Å². The molecule has 2 aromatic rings. The second-order valence-corrected chi connectivity index (χ2v) is 9.66. The first-order valence-corrected chi connectivity index (χ1v) is 11.2. The SMILES string of the molecule is Cc1cc(C(=O)N2CCN(S(=O)(=O)c3ccc(C#N)cc3)CC2)c(C)n1C1CC1. The van der Waals surface area contributed by atoms with Crippen molar-refractivity contribution in [3.05, 3.63) is 52.8 Å². The summed E-state index contributed by atoms with van der Waals surface area (Å²) in [6, 6.07) is 10.4. The zero-order valence-electron chi connectivity index (χ0n) is 16.6. The van der Waals surface area contributed by atoms with Crippen molar-refractivity contribution >= 4 is 15.9 Å². The van der Waals surface area contributed by atoms with Crippen LogP contribution in [-0.2, 0) is 10.0 Å². The molecule has 29 heavy (non-hydrogen) atoms. The minimum atomic E-state index is -3.63. The van der Waals surface area contributed by atoms with Crippen LogP contribution in [-0.4, -0.2) is 54.3 Å². The van der Waals surface area contributed by atoms with E-state index in [0.717, 1.165) is 29.8 Å². The molecule has 1 saturated carbocycles. The van der Waals surface area contributed by atoms with Crippen LogP contribution in [0.1, 0.15) is 46.2 Å². The summed E-state index contributed by atoms with van der Waals surface area (Å²) >= 11 is 0. The maximum atomic E-state index is 13.0. The number of carbonyl (C=O) groups excluding carboxylic acids is 1. The Morgan fingerprint density at radius 1 is 1.07 bits per heavy atom. The summed E-state index contributed by atoms with van der Waals surface area (Å²) in [5, 5.41) is 8.88. The third-order valence-electron chi connectivity index (χ3n) is 5.77. The Morgan fingerprint density at radius 3 is 2.24 bits per heavy atom. The standard InChI is InChI=1S/C21H24N4O3S/c1-15-13-20(16(2)25(15)18-5-6-18)21(26)23-9-11-24(12-10-23)29(27,28)19-7-3-17(14-22)4-8-19/h3-4,7-8,13,18H,5-6,9-12H2,1-2H3. The van der Waals surface area contributed by atoms with Gasteiger partial charge in [0.05, 0.1) is 22.1 Å². The minimum Gasteiger partial charge on any atom is -0.345 e. The third kappa shape index (κ3) is 3.56. The summed E-state index contributed by atoms with van der Waals surface area (Å²) in [5.74, 6) is -0.0274. The third-order valence-corrected chi connectivity index (χ3v) is 7.69. The van der Waals surface area contributed by atoms with E-state index in [1.165, 1.54) is 28.6 Å². The molecule has 0 N–H and O–H groups in total. The summed E-state index contributed by atoms with van der Waals surface area (Å²) in [6.07, 6.45) is 2.33. The van der Waals surface area contributed by atoms with Crippen LogP contribution in [0.3, 0.4) is 0 Å². The predicted octanol–water partition coefficient (Wildman–Crippen LogP) is 2.46. The zero-order valence-corrected chi connectivity index (χ0v) is 17.4. The van der Waals surface area contributed by atoms with Gasteiger partial charge in [0.15, 0.2) is 0 Å². The average molecular weight is 413 g/mol. The Balaban J connectivity index is 1.46. The molecule has 152 valence electrons. The summed E-state index contributed by atoms with van der Waals surface area (Å²) in [5.41, 5.74) is 3.25. The highest BCUT2D eigenvalue weighted by molar-refractivity contribution is 7.89. The minimum absolute atomic E-state index is 0.0274. The van der Waals surface area contributed by atoms with Gasteiger partial charge in [-0.15, -0.1) is 0 Å². The van der Waals surface area contributed by atoms with Crippen molar-refractivity contribution in [1.82, 2.24) is 13.8 Å². The van der Waals surface area contributed by atoms with E-state index in [1.807, 2.05) is 26.0 Å². The van der Waals surface area contributed by atoms with Crippen LogP contribution in [0.2, 0.25) is 0 Å². The fourth-order valence-electron chi connectivity index (χ4n) is 4.04. The largest absolute Gasteiger partial charge is 0.345 e. The summed E-state index contributed by atoms with van der Waals surface area (Å²) in [4.78, 5) is 15.0. The first kappa shape index (κ1) is 19.7. The monoisotopic (exact) mass is 412 g/mol. The van der Waals surface area contributed by atoms with Gasteiger partial charge in [-0.1, -0.05) is 0 Å². The molecule has 1 aliphatic heterocycles. The first-order valence-electron chi connectivity index (χ1n) is 9.81. The smallest absolute Gasteiger partial charge is 0.255 e. The molecule has 2 aliphatic rings. The Hall–Kier alpha value is -2.63. The molecule has 1 amide bonds. The molecule has 0 bridgehead atoms. The molecular formula is C21H24N4O3S. The lowest BCUT2D eigenvalue weighted by Gasteiger charge is -2.34. The van der Waals surface area contributed by atoms with Crippen molar-refractivity contribution in [2.24, 2.45) is 0 Å². The number of nitriles is 1. The molecule has 0 atom stereocenters. The fourth-order valence-corrected chi connectivity index (χ4v) is 5.46. The molecule has 0 radical (unpaired) electrons. The van der Waals surface area contributed by atoms with Crippen molar-refractivity contribution in [2.45, 2.75) is 37.6 Å². The Labute approximate surface area is 171 Å². The van der Waals surface area contributed by atoms with Gasteiger partial charge in [-0.2, -0.15) is 9.57 Å². The van der Waals surface area contributed by atoms with Crippen LogP contribution >= 0.6 is 0 Å². The molecule has 1 aromatic heterocycles. The topological polar surface area (TPSA) is 86.4 Å². The normalized spacial score (nSPS) is 17.9. The lowest BCUT2D eigenvalue weighted by Crippen LogP contribution is -2.50. The van der Waals surface area contributed by atoms with Crippen molar-refractivity contribution in [1.29, 1.82) is 5.26 Å². The van der Waals surface area contributed by atoms with E-state index in [4.69, 9.17) is 5.26 Å². The van der Waals surface area contributed by atoms with E-state index >= 15 is 0 Å². The van der Waals surface area contributed by atoms with Crippen molar-refractivity contribution < 1.29 is 13.2 Å². The van der Waals surface area contributed by atoms with Crippen LogP contribution in [0.15, 0.2) is 35.2 Å². The fraction of sp³-hybridized carbons (Fsp3) is 0.429. The molecule has 1 aliphatic carbocycles. The number of sulfonamides is 1. The van der Waals surface area contributed by atoms with E-state index in [1.54, 1.807) is 4.90 Å². The Kier molecular flexibility index (Phi) is 4.97. The number of aryl methyl sites for hydroxylation is 1. The van der Waals surface area contributed by atoms with Gasteiger partial charge in [0.1, 0.15) is 0 Å². The number of carbonyl (C=O) groups is 1. The Bertz CT molecular complexity index is 1080. The van der Waals surface area contributed by atoms with Crippen LogP contribution < -0.4 is 0 Å². The van der Waals surface area contributed by atoms with E-state index in [0.29, 0.717) is 24.7 Å². The molecule has 1 saturated heterocycles. The molecule has 4 rings (SSSR count). The molecule has 8 heteroatoms. The first-order chi connectivity index (χ1) is 13.8. The summed E-state index contributed by atoms with van der Waals surface area (Å²) in [7, 11) is -3.63. The number of benzene rings is 1. The predicted molar refractivity (Wildman–Crippen MR) is 108 cm³/mol. The number of amides is 1. The van der Waals surface area contributed by atoms with Crippen LogP contribution in [0, 0.1) is 25.2 Å². The molecule has 0 spiro atoms. The lowest BCUT2D eigenvalue weighted by atomic mass is 10.2. The quantitative estimate of drug-likeness (QED) is 0.772. The van der Waals surface area contributed by atoms with E-state index in [-0.39, 0.29) is 23.9 Å². The summed E-state index contributed by atoms with van der Waals surface area (Å²) < 4.78 is 29.4. The molecule has 2 fully saturated rings. The van der Waals surface area contributed by atoms with Gasteiger partial charge in [-0.3, -0.25) is 4.79 Å². The lowest BCUT2D eigenvalue weighted by molar-refractivity contribution is 0.0697. The van der Waals surface area contributed by atoms with E-state index < -0.39 is 10.0 Å². The maximum Gasteiger partial charge on any atom is 0.255 e. The number of hydrogen-bond donors (Lipinski definition) is 0. The zero-order chi connectivity index (χ0) is 20.8. The molecule has 7 nitrogen and oxygen atoms in total. The Morgan fingerprint density at radius 2 is 1.69 bits per heavy atom. The highest BCUT2D eigenvalue weighted by Crippen LogP contribution is 2.38. The number of hydrogen-bond acceptors (Lipinski definition) is 4. The average Bonchev–Trinajstić information content (AvgIpc) is 3.52. The van der Waals surface area contributed by atoms with Gasteiger partial charge >= 0.3 is 0 Å². The van der Waals surface area contributed by atoms with Crippen LogP contribution in [0.4, 0.5) is 0 Å². The van der Waals surface area contributed by atoms with E-state index in [2.05, 4.69) is 4.57 Å². The highest BCUT2D eigenvalue weighted by Gasteiger charge is 2.33. The number of rotatable bonds is 4. The molecule has 0 unspecified atom stereocenters. The maximum absolute atomic E-state index is 13.0. The second-order valence-electron chi connectivity index (χ2n) is 7.72. The van der Waals surface area contributed by atoms with Crippen molar-refractivity contribution in [3.63, 3.8) is 0 Å². The van der Waals surface area contributed by atoms with Gasteiger partial charge in [0, 0.05) is 43.6 Å². The number of nitrogens with zero attached hydrogens (tertiary/aromatic N) is 4. The number of aromatic nitrogens is 1. The van der Waals surface area contributed by atoms with Crippen molar-refractivity contribution in [2.75, 3.05) is 26.2 Å². The second kappa shape index (κ2) is 7.32. The highest BCUT2D eigenvalue weighted by atomic mass is 32.2. The molecule has 1 aromatic carbocycles. The number of piperazine rings is 1. The van der Waals surface area contributed by atoms with Gasteiger partial charge in [0.2, 0.25) is 10.0 Å². The van der Waals surface area contributed by atoms with Gasteiger partial charge in [0.25, 0.3) is 5.91 Å². The summed E-state index contributed by atoms with van der Waals surface area (Å²) in [6.45, 7) is 5.27. The van der Waals surface area contributed by atoms with Gasteiger partial charge < -0.3 is 9.47 Å². The van der Waals surface area contributed by atoms with E-state index in [9.17, 15) is 13.2 Å². The van der Waals surface area contributed by atoms with Gasteiger partial charge in [-0.25, -0.2) is 8.42 Å². The molecule has 2 heterocycles. The van der Waals surface area contributed by atoms with Crippen LogP contribution in [0.25, 0.3) is 0 Å². The van der Waals surface area contributed by atoms with Crippen molar-refractivity contribution in [3.8, 4) is 6.07 Å². The molecular weight excluding hydrogens is 388 g/mol. The van der Waals surface area contributed by atoms with Crippen LogP contribution in [0.5, 0.6) is 0 Å².